The molecule has 0 fully saturated rings. The van der Waals surface area contributed by atoms with Crippen LogP contribution in [-0.2, 0) is 6.18 Å². The second kappa shape index (κ2) is 4.77. The molecule has 0 aliphatic heterocycles. The lowest BCUT2D eigenvalue weighted by molar-refractivity contribution is -0.137. The summed E-state index contributed by atoms with van der Waals surface area (Å²) in [6.07, 6.45) is -2.83. The molecule has 0 amide bonds. The Kier molecular flexibility index (Phi) is 3.80. The van der Waals surface area contributed by atoms with Gasteiger partial charge in [0.15, 0.2) is 5.75 Å². The third kappa shape index (κ3) is 4.89. The van der Waals surface area contributed by atoms with E-state index in [1.165, 1.54) is 18.3 Å². The normalized spacial score (nSPS) is 13.1. The van der Waals surface area contributed by atoms with E-state index >= 15 is 0 Å². The summed E-state index contributed by atoms with van der Waals surface area (Å²) in [4.78, 5) is 4.89. The van der Waals surface area contributed by atoms with Crippen LogP contribution < -0.4 is 4.84 Å². The van der Waals surface area contributed by atoms with Gasteiger partial charge in [-0.05, 0) is 18.2 Å². The maximum Gasteiger partial charge on any atom is 0.416 e. The lowest BCUT2D eigenvalue weighted by Crippen LogP contribution is -2.07. The highest BCUT2D eigenvalue weighted by molar-refractivity contribution is 5.63. The molecule has 0 spiro atoms. The summed E-state index contributed by atoms with van der Waals surface area (Å²) in [7, 11) is 0. The molecule has 0 aliphatic carbocycles. The molecule has 0 aliphatic rings. The number of oxime groups is 1. The molecule has 0 saturated carbocycles. The maximum absolute atomic E-state index is 12.4. The van der Waals surface area contributed by atoms with Crippen molar-refractivity contribution < 1.29 is 18.0 Å². The van der Waals surface area contributed by atoms with E-state index in [9.17, 15) is 13.2 Å². The summed E-state index contributed by atoms with van der Waals surface area (Å²) in [5.41, 5.74) is -0.928. The largest absolute Gasteiger partial charge is 0.416 e. The SMILES string of the molecule is CC(C)(C)/C=N/Oc1cccc(C(F)(F)F)c1. The molecule has 0 aromatic heterocycles. The van der Waals surface area contributed by atoms with Crippen LogP contribution in [0.25, 0.3) is 0 Å². The van der Waals surface area contributed by atoms with Crippen molar-refractivity contribution in [1.82, 2.24) is 0 Å². The lowest BCUT2D eigenvalue weighted by Gasteiger charge is -2.10. The van der Waals surface area contributed by atoms with Crippen LogP contribution in [0.2, 0.25) is 0 Å². The number of hydrogen-bond acceptors (Lipinski definition) is 2. The molecule has 94 valence electrons. The molecule has 0 unspecified atom stereocenters. The number of halogens is 3. The first-order valence-corrected chi connectivity index (χ1v) is 5.07. The van der Waals surface area contributed by atoms with Gasteiger partial charge in [-0.1, -0.05) is 32.0 Å². The van der Waals surface area contributed by atoms with Crippen LogP contribution in [0.3, 0.4) is 0 Å². The zero-order valence-corrected chi connectivity index (χ0v) is 9.88. The smallest absolute Gasteiger partial charge is 0.357 e. The van der Waals surface area contributed by atoms with Gasteiger partial charge in [-0.3, -0.25) is 0 Å². The highest BCUT2D eigenvalue weighted by Crippen LogP contribution is 2.31. The van der Waals surface area contributed by atoms with Crippen molar-refractivity contribution in [2.75, 3.05) is 0 Å². The molecule has 1 aromatic rings. The predicted octanol–water partition coefficient (Wildman–Crippen LogP) is 4.12. The second-order valence-electron chi connectivity index (χ2n) is 4.72. The molecule has 0 radical (unpaired) electrons. The Hall–Kier alpha value is -1.52. The Morgan fingerprint density at radius 1 is 1.18 bits per heavy atom. The Bertz CT molecular complexity index is 405. The van der Waals surface area contributed by atoms with Crippen LogP contribution in [0.4, 0.5) is 13.2 Å². The van der Waals surface area contributed by atoms with Gasteiger partial charge in [-0.2, -0.15) is 13.2 Å². The van der Waals surface area contributed by atoms with E-state index in [4.69, 9.17) is 4.84 Å². The van der Waals surface area contributed by atoms with Gasteiger partial charge >= 0.3 is 6.18 Å². The molecule has 1 rings (SSSR count). The molecular formula is C12H14F3NO. The Labute approximate surface area is 98.1 Å². The van der Waals surface area contributed by atoms with Crippen LogP contribution in [0, 0.1) is 5.41 Å². The molecule has 17 heavy (non-hydrogen) atoms. The minimum absolute atomic E-state index is 0.0697. The summed E-state index contributed by atoms with van der Waals surface area (Å²) < 4.78 is 37.2. The predicted molar refractivity (Wildman–Crippen MR) is 60.0 cm³/mol. The first kappa shape index (κ1) is 13.5. The van der Waals surface area contributed by atoms with Crippen LogP contribution >= 0.6 is 0 Å². The van der Waals surface area contributed by atoms with Gasteiger partial charge < -0.3 is 4.84 Å². The molecule has 5 heteroatoms. The topological polar surface area (TPSA) is 21.6 Å². The van der Waals surface area contributed by atoms with Gasteiger partial charge in [-0.15, -0.1) is 0 Å². The number of benzene rings is 1. The van der Waals surface area contributed by atoms with Crippen LogP contribution in [-0.4, -0.2) is 6.21 Å². The standard InChI is InChI=1S/C12H14F3NO/c1-11(2,3)8-16-17-10-6-4-5-9(7-10)12(13,14)15/h4-8H,1-3H3/b16-8+. The Balaban J connectivity index is 2.77. The Morgan fingerprint density at radius 2 is 1.82 bits per heavy atom. The van der Waals surface area contributed by atoms with Gasteiger partial charge in [-0.25, -0.2) is 0 Å². The minimum Gasteiger partial charge on any atom is -0.357 e. The van der Waals surface area contributed by atoms with Gasteiger partial charge in [0.2, 0.25) is 0 Å². The molecule has 1 aromatic carbocycles. The molecule has 2 nitrogen and oxygen atoms in total. The molecule has 0 saturated heterocycles. The fourth-order valence-corrected chi connectivity index (χ4v) is 0.975. The highest BCUT2D eigenvalue weighted by Gasteiger charge is 2.30. The first-order chi connectivity index (χ1) is 7.68. The summed E-state index contributed by atoms with van der Waals surface area (Å²) in [5, 5.41) is 3.64. The van der Waals surface area contributed by atoms with Gasteiger partial charge in [0.25, 0.3) is 0 Å². The van der Waals surface area contributed by atoms with Gasteiger partial charge in [0.1, 0.15) is 0 Å². The molecule has 0 N–H and O–H groups in total. The Morgan fingerprint density at radius 3 is 2.35 bits per heavy atom. The molecular weight excluding hydrogens is 231 g/mol. The quantitative estimate of drug-likeness (QED) is 0.567. The average Bonchev–Trinajstić information content (AvgIpc) is 2.15. The summed E-state index contributed by atoms with van der Waals surface area (Å²) in [5.74, 6) is 0.0697. The number of nitrogens with zero attached hydrogens (tertiary/aromatic N) is 1. The van der Waals surface area contributed by atoms with Crippen LogP contribution in [0.1, 0.15) is 26.3 Å². The minimum atomic E-state index is -4.37. The summed E-state index contributed by atoms with van der Waals surface area (Å²) >= 11 is 0. The van der Waals surface area contributed by atoms with Crippen LogP contribution in [0.15, 0.2) is 29.4 Å². The fourth-order valence-electron chi connectivity index (χ4n) is 0.975. The van der Waals surface area contributed by atoms with Crippen molar-refractivity contribution in [1.29, 1.82) is 0 Å². The van der Waals surface area contributed by atoms with Gasteiger partial charge in [0, 0.05) is 11.6 Å². The van der Waals surface area contributed by atoms with E-state index < -0.39 is 11.7 Å². The van der Waals surface area contributed by atoms with E-state index in [1.807, 2.05) is 20.8 Å². The maximum atomic E-state index is 12.4. The van der Waals surface area contributed by atoms with Crippen molar-refractivity contribution >= 4 is 6.21 Å². The van der Waals surface area contributed by atoms with Crippen molar-refractivity contribution in [2.24, 2.45) is 10.6 Å². The molecule has 0 bridgehead atoms. The second-order valence-corrected chi connectivity index (χ2v) is 4.72. The average molecular weight is 245 g/mol. The molecule has 0 heterocycles. The number of hydrogen-bond donors (Lipinski definition) is 0. The van der Waals surface area contributed by atoms with Crippen LogP contribution in [0.5, 0.6) is 5.75 Å². The van der Waals surface area contributed by atoms with Crippen molar-refractivity contribution in [3.63, 3.8) is 0 Å². The van der Waals surface area contributed by atoms with E-state index in [0.29, 0.717) is 0 Å². The summed E-state index contributed by atoms with van der Waals surface area (Å²) in [6.45, 7) is 5.73. The van der Waals surface area contributed by atoms with Crippen molar-refractivity contribution in [2.45, 2.75) is 26.9 Å². The van der Waals surface area contributed by atoms with E-state index in [0.717, 1.165) is 12.1 Å². The first-order valence-electron chi connectivity index (χ1n) is 5.07. The van der Waals surface area contributed by atoms with Gasteiger partial charge in [0.05, 0.1) is 5.56 Å². The number of rotatable bonds is 2. The lowest BCUT2D eigenvalue weighted by atomic mass is 10.00. The number of alkyl halides is 3. The van der Waals surface area contributed by atoms with Crippen molar-refractivity contribution in [3.05, 3.63) is 29.8 Å². The van der Waals surface area contributed by atoms with E-state index in [1.54, 1.807) is 0 Å². The summed E-state index contributed by atoms with van der Waals surface area (Å²) in [6, 6.07) is 4.61. The highest BCUT2D eigenvalue weighted by atomic mass is 19.4. The third-order valence-electron chi connectivity index (χ3n) is 1.76. The van der Waals surface area contributed by atoms with E-state index in [2.05, 4.69) is 5.16 Å². The van der Waals surface area contributed by atoms with Crippen molar-refractivity contribution in [3.8, 4) is 5.75 Å². The fraction of sp³-hybridized carbons (Fsp3) is 0.417. The zero-order chi connectivity index (χ0) is 13.1. The zero-order valence-electron chi connectivity index (χ0n) is 9.88. The monoisotopic (exact) mass is 245 g/mol. The third-order valence-corrected chi connectivity index (χ3v) is 1.76. The molecule has 0 atom stereocenters. The van der Waals surface area contributed by atoms with E-state index in [-0.39, 0.29) is 11.2 Å².